The highest BCUT2D eigenvalue weighted by molar-refractivity contribution is 5.82. The van der Waals surface area contributed by atoms with Crippen molar-refractivity contribution >= 4 is 12.0 Å². The number of carbonyl (C=O) groups excluding carboxylic acids is 2. The van der Waals surface area contributed by atoms with Crippen LogP contribution >= 0.6 is 0 Å². The van der Waals surface area contributed by atoms with Crippen LogP contribution in [0.1, 0.15) is 34.1 Å². The van der Waals surface area contributed by atoms with Crippen LogP contribution in [0.2, 0.25) is 0 Å². The van der Waals surface area contributed by atoms with Crippen LogP contribution in [0.3, 0.4) is 0 Å². The Balaban J connectivity index is 4.41. The number of rotatable bonds is 4. The summed E-state index contributed by atoms with van der Waals surface area (Å²) in [5, 5.41) is 3.66. The molecule has 2 amide bonds. The highest BCUT2D eigenvalue weighted by Gasteiger charge is 2.26. The molecule has 0 heterocycles. The fourth-order valence-electron chi connectivity index (χ4n) is 1.07. The lowest BCUT2D eigenvalue weighted by atomic mass is 10.1. The van der Waals surface area contributed by atoms with Crippen LogP contribution in [-0.4, -0.2) is 42.9 Å². The molecule has 0 fully saturated rings. The summed E-state index contributed by atoms with van der Waals surface area (Å²) in [5.74, 6) is -0.390. The number of hydrogen-bond donors (Lipinski definition) is 1. The Morgan fingerprint density at radius 3 is 2.24 bits per heavy atom. The Hall–Kier alpha value is -1.30. The van der Waals surface area contributed by atoms with Gasteiger partial charge in [-0.3, -0.25) is 9.63 Å². The summed E-state index contributed by atoms with van der Waals surface area (Å²) < 4.78 is 5.04. The van der Waals surface area contributed by atoms with Gasteiger partial charge >= 0.3 is 6.09 Å². The maximum absolute atomic E-state index is 11.7. The second-order valence-electron chi connectivity index (χ2n) is 4.70. The minimum atomic E-state index is -0.831. The smallest absolute Gasteiger partial charge is 0.408 e. The second-order valence-corrected chi connectivity index (χ2v) is 4.70. The SMILES string of the molecule is CC[C@H](OC(=O)NC(C)(C)C)C(=O)N(C)OC. The first-order valence-corrected chi connectivity index (χ1v) is 5.51. The Morgan fingerprint density at radius 2 is 1.88 bits per heavy atom. The van der Waals surface area contributed by atoms with E-state index in [9.17, 15) is 9.59 Å². The maximum Gasteiger partial charge on any atom is 0.408 e. The Kier molecular flexibility index (Phi) is 5.95. The molecule has 0 aromatic carbocycles. The van der Waals surface area contributed by atoms with E-state index in [4.69, 9.17) is 9.57 Å². The minimum absolute atomic E-state index is 0.390. The first-order chi connectivity index (χ1) is 7.71. The highest BCUT2D eigenvalue weighted by Crippen LogP contribution is 2.06. The third-order valence-electron chi connectivity index (χ3n) is 1.96. The molecule has 0 radical (unpaired) electrons. The summed E-state index contributed by atoms with van der Waals surface area (Å²) in [4.78, 5) is 28.0. The van der Waals surface area contributed by atoms with E-state index in [0.717, 1.165) is 5.06 Å². The van der Waals surface area contributed by atoms with E-state index in [1.807, 2.05) is 20.8 Å². The molecular weight excluding hydrogens is 224 g/mol. The normalized spacial score (nSPS) is 12.8. The highest BCUT2D eigenvalue weighted by atomic mass is 16.7. The first-order valence-electron chi connectivity index (χ1n) is 5.51. The Labute approximate surface area is 102 Å². The van der Waals surface area contributed by atoms with Crippen molar-refractivity contribution in [1.29, 1.82) is 0 Å². The number of nitrogens with zero attached hydrogens (tertiary/aromatic N) is 1. The topological polar surface area (TPSA) is 67.9 Å². The standard InChI is InChI=1S/C11H22N2O4/c1-7-8(9(14)13(5)16-6)17-10(15)12-11(2,3)4/h8H,7H2,1-6H3,(H,12,15)/t8-/m0/s1. The maximum atomic E-state index is 11.7. The Bertz CT molecular complexity index is 273. The van der Waals surface area contributed by atoms with Gasteiger partial charge in [0, 0.05) is 12.6 Å². The zero-order valence-electron chi connectivity index (χ0n) is 11.4. The zero-order chi connectivity index (χ0) is 13.6. The van der Waals surface area contributed by atoms with Gasteiger partial charge in [-0.2, -0.15) is 0 Å². The van der Waals surface area contributed by atoms with Gasteiger partial charge in [-0.15, -0.1) is 0 Å². The minimum Gasteiger partial charge on any atom is -0.436 e. The van der Waals surface area contributed by atoms with E-state index in [-0.39, 0.29) is 5.91 Å². The lowest BCUT2D eigenvalue weighted by Gasteiger charge is -2.24. The van der Waals surface area contributed by atoms with Crippen molar-refractivity contribution in [2.24, 2.45) is 0 Å². The fraction of sp³-hybridized carbons (Fsp3) is 0.818. The monoisotopic (exact) mass is 246 g/mol. The van der Waals surface area contributed by atoms with E-state index in [2.05, 4.69) is 5.32 Å². The quantitative estimate of drug-likeness (QED) is 0.759. The van der Waals surface area contributed by atoms with E-state index in [0.29, 0.717) is 6.42 Å². The van der Waals surface area contributed by atoms with Crippen molar-refractivity contribution in [2.75, 3.05) is 14.2 Å². The van der Waals surface area contributed by atoms with Gasteiger partial charge in [0.05, 0.1) is 7.11 Å². The number of nitrogens with one attached hydrogen (secondary N) is 1. The second kappa shape index (κ2) is 6.44. The number of likely N-dealkylation sites (N-methyl/N-ethyl adjacent to an activating group) is 1. The summed E-state index contributed by atoms with van der Waals surface area (Å²) in [5.41, 5.74) is -0.397. The molecule has 6 heteroatoms. The predicted octanol–water partition coefficient (Wildman–Crippen LogP) is 1.31. The molecule has 17 heavy (non-hydrogen) atoms. The summed E-state index contributed by atoms with van der Waals surface area (Å²) in [6.45, 7) is 7.26. The Morgan fingerprint density at radius 1 is 1.35 bits per heavy atom. The van der Waals surface area contributed by atoms with Crippen LogP contribution in [0, 0.1) is 0 Å². The molecule has 0 rings (SSSR count). The third-order valence-corrected chi connectivity index (χ3v) is 1.96. The molecule has 0 aromatic heterocycles. The molecule has 0 saturated heterocycles. The summed E-state index contributed by atoms with van der Waals surface area (Å²) >= 11 is 0. The van der Waals surface area contributed by atoms with Crippen molar-refractivity contribution < 1.29 is 19.2 Å². The fourth-order valence-corrected chi connectivity index (χ4v) is 1.07. The van der Waals surface area contributed by atoms with Gasteiger partial charge in [-0.05, 0) is 27.2 Å². The van der Waals surface area contributed by atoms with Crippen molar-refractivity contribution in [3.63, 3.8) is 0 Å². The van der Waals surface area contributed by atoms with Crippen LogP contribution in [0.5, 0.6) is 0 Å². The molecule has 0 aliphatic heterocycles. The average Bonchev–Trinajstić information content (AvgIpc) is 2.21. The molecule has 0 bridgehead atoms. The van der Waals surface area contributed by atoms with Gasteiger partial charge < -0.3 is 10.1 Å². The summed E-state index contributed by atoms with van der Waals surface area (Å²) in [7, 11) is 2.84. The molecule has 1 N–H and O–H groups in total. The van der Waals surface area contributed by atoms with Crippen molar-refractivity contribution in [2.45, 2.75) is 45.8 Å². The van der Waals surface area contributed by atoms with Crippen LogP contribution in [0.25, 0.3) is 0 Å². The molecule has 0 unspecified atom stereocenters. The number of amides is 2. The molecule has 6 nitrogen and oxygen atoms in total. The first kappa shape index (κ1) is 15.7. The van der Waals surface area contributed by atoms with Crippen LogP contribution in [-0.2, 0) is 14.4 Å². The molecule has 0 saturated carbocycles. The van der Waals surface area contributed by atoms with Gasteiger partial charge in [0.15, 0.2) is 6.10 Å². The summed E-state index contributed by atoms with van der Waals surface area (Å²) in [6.07, 6.45) is -1.05. The van der Waals surface area contributed by atoms with Crippen LogP contribution < -0.4 is 5.32 Å². The lowest BCUT2D eigenvalue weighted by molar-refractivity contribution is -0.178. The molecular formula is C11H22N2O4. The number of alkyl carbamates (subject to hydrolysis) is 1. The molecule has 0 aliphatic rings. The van der Waals surface area contributed by atoms with Crippen LogP contribution in [0.4, 0.5) is 4.79 Å². The molecule has 0 aliphatic carbocycles. The van der Waals surface area contributed by atoms with Gasteiger partial charge in [0.1, 0.15) is 0 Å². The van der Waals surface area contributed by atoms with Gasteiger partial charge in [-0.25, -0.2) is 9.86 Å². The summed E-state index contributed by atoms with van der Waals surface area (Å²) in [6, 6.07) is 0. The van der Waals surface area contributed by atoms with E-state index in [1.165, 1.54) is 14.2 Å². The van der Waals surface area contributed by atoms with E-state index >= 15 is 0 Å². The number of hydrogen-bond acceptors (Lipinski definition) is 4. The molecule has 0 aromatic rings. The third kappa shape index (κ3) is 6.11. The van der Waals surface area contributed by atoms with Gasteiger partial charge in [0.2, 0.25) is 0 Å². The molecule has 0 spiro atoms. The zero-order valence-corrected chi connectivity index (χ0v) is 11.4. The van der Waals surface area contributed by atoms with Crippen molar-refractivity contribution in [1.82, 2.24) is 10.4 Å². The van der Waals surface area contributed by atoms with Gasteiger partial charge in [-0.1, -0.05) is 6.92 Å². The van der Waals surface area contributed by atoms with Crippen molar-refractivity contribution in [3.05, 3.63) is 0 Å². The van der Waals surface area contributed by atoms with E-state index in [1.54, 1.807) is 6.92 Å². The largest absolute Gasteiger partial charge is 0.436 e. The number of hydroxylamine groups is 2. The van der Waals surface area contributed by atoms with Crippen LogP contribution in [0.15, 0.2) is 0 Å². The van der Waals surface area contributed by atoms with Crippen molar-refractivity contribution in [3.8, 4) is 0 Å². The lowest BCUT2D eigenvalue weighted by Crippen LogP contribution is -2.45. The average molecular weight is 246 g/mol. The molecule has 100 valence electrons. The number of carbonyl (C=O) groups is 2. The van der Waals surface area contributed by atoms with E-state index < -0.39 is 17.7 Å². The molecule has 1 atom stereocenters. The van der Waals surface area contributed by atoms with Gasteiger partial charge in [0.25, 0.3) is 5.91 Å². The number of ether oxygens (including phenoxy) is 1. The predicted molar refractivity (Wildman–Crippen MR) is 63.2 cm³/mol.